The molecular weight excluding hydrogens is 396 g/mol. The molecule has 1 aliphatic heterocycles. The molecule has 0 saturated heterocycles. The van der Waals surface area contributed by atoms with Gasteiger partial charge in [-0.25, -0.2) is 0 Å². The fourth-order valence-electron chi connectivity index (χ4n) is 2.60. The Kier molecular flexibility index (Phi) is 4.27. The highest BCUT2D eigenvalue weighted by Crippen LogP contribution is 2.34. The Bertz CT molecular complexity index is 672. The summed E-state index contributed by atoms with van der Waals surface area (Å²) in [5.41, 5.74) is 4.71. The number of rotatable bonds is 3. The van der Waals surface area contributed by atoms with Crippen LogP contribution < -0.4 is 9.47 Å². The van der Waals surface area contributed by atoms with Crippen molar-refractivity contribution in [3.8, 4) is 11.5 Å². The van der Waals surface area contributed by atoms with Gasteiger partial charge in [-0.15, -0.1) is 0 Å². The summed E-state index contributed by atoms with van der Waals surface area (Å²) in [4.78, 5) is 0. The SMILES string of the molecule is Cc1cc(OCc2cc(Br)cc3c2OCC3)cc(C)c1Br. The average Bonchev–Trinajstić information content (AvgIpc) is 2.90. The molecule has 0 aliphatic carbocycles. The Morgan fingerprint density at radius 2 is 1.81 bits per heavy atom. The van der Waals surface area contributed by atoms with Crippen LogP contribution in [-0.4, -0.2) is 6.61 Å². The normalized spacial score (nSPS) is 13.0. The summed E-state index contributed by atoms with van der Waals surface area (Å²) >= 11 is 7.14. The molecule has 0 N–H and O–H groups in total. The molecule has 0 aromatic heterocycles. The van der Waals surface area contributed by atoms with Crippen LogP contribution in [0.2, 0.25) is 0 Å². The summed E-state index contributed by atoms with van der Waals surface area (Å²) in [6, 6.07) is 8.30. The lowest BCUT2D eigenvalue weighted by atomic mass is 10.1. The van der Waals surface area contributed by atoms with Crippen molar-refractivity contribution in [3.63, 3.8) is 0 Å². The lowest BCUT2D eigenvalue weighted by Gasteiger charge is -2.13. The second-order valence-corrected chi connectivity index (χ2v) is 7.02. The third kappa shape index (κ3) is 3.11. The number of halogens is 2. The third-order valence-electron chi connectivity index (χ3n) is 3.63. The molecule has 2 aromatic rings. The zero-order chi connectivity index (χ0) is 15.0. The monoisotopic (exact) mass is 410 g/mol. The van der Waals surface area contributed by atoms with E-state index in [9.17, 15) is 0 Å². The molecule has 0 atom stereocenters. The second kappa shape index (κ2) is 6.01. The van der Waals surface area contributed by atoms with Crippen LogP contribution in [0.25, 0.3) is 0 Å². The highest BCUT2D eigenvalue weighted by molar-refractivity contribution is 9.10. The molecule has 2 aromatic carbocycles. The maximum absolute atomic E-state index is 5.97. The van der Waals surface area contributed by atoms with Gasteiger partial charge in [0.15, 0.2) is 0 Å². The smallest absolute Gasteiger partial charge is 0.129 e. The number of ether oxygens (including phenoxy) is 2. The van der Waals surface area contributed by atoms with Gasteiger partial charge >= 0.3 is 0 Å². The van der Waals surface area contributed by atoms with Crippen LogP contribution in [0.5, 0.6) is 11.5 Å². The Hall–Kier alpha value is -1.00. The minimum atomic E-state index is 0.516. The van der Waals surface area contributed by atoms with E-state index < -0.39 is 0 Å². The Labute approximate surface area is 141 Å². The summed E-state index contributed by atoms with van der Waals surface area (Å²) in [5.74, 6) is 1.88. The fraction of sp³-hybridized carbons (Fsp3) is 0.294. The summed E-state index contributed by atoms with van der Waals surface area (Å²) < 4.78 is 13.9. The number of fused-ring (bicyclic) bond motifs is 1. The van der Waals surface area contributed by atoms with Crippen LogP contribution in [0, 0.1) is 13.8 Å². The lowest BCUT2D eigenvalue weighted by molar-refractivity contribution is 0.291. The summed E-state index contributed by atoms with van der Waals surface area (Å²) in [5, 5.41) is 0. The van der Waals surface area contributed by atoms with Crippen molar-refractivity contribution in [1.82, 2.24) is 0 Å². The Balaban J connectivity index is 1.83. The zero-order valence-corrected chi connectivity index (χ0v) is 15.2. The maximum atomic E-state index is 5.97. The van der Waals surface area contributed by atoms with Gasteiger partial charge in [0.05, 0.1) is 6.61 Å². The molecule has 0 bridgehead atoms. The highest BCUT2D eigenvalue weighted by atomic mass is 79.9. The van der Waals surface area contributed by atoms with Crippen molar-refractivity contribution in [1.29, 1.82) is 0 Å². The summed E-state index contributed by atoms with van der Waals surface area (Å²) in [6.07, 6.45) is 0.971. The third-order valence-corrected chi connectivity index (χ3v) is 5.34. The van der Waals surface area contributed by atoms with Crippen LogP contribution in [0.15, 0.2) is 33.2 Å². The van der Waals surface area contributed by atoms with E-state index in [0.29, 0.717) is 6.61 Å². The van der Waals surface area contributed by atoms with Crippen LogP contribution in [0.1, 0.15) is 22.3 Å². The first kappa shape index (κ1) is 14.9. The molecule has 1 heterocycles. The van der Waals surface area contributed by atoms with Crippen LogP contribution in [-0.2, 0) is 13.0 Å². The molecule has 0 radical (unpaired) electrons. The number of hydrogen-bond acceptors (Lipinski definition) is 2. The molecule has 2 nitrogen and oxygen atoms in total. The van der Waals surface area contributed by atoms with Crippen LogP contribution in [0.4, 0.5) is 0 Å². The van der Waals surface area contributed by atoms with Gasteiger partial charge in [-0.3, -0.25) is 0 Å². The largest absolute Gasteiger partial charge is 0.493 e. The Morgan fingerprint density at radius 3 is 2.52 bits per heavy atom. The van der Waals surface area contributed by atoms with Gasteiger partial charge in [-0.05, 0) is 54.8 Å². The van der Waals surface area contributed by atoms with Crippen molar-refractivity contribution in [2.75, 3.05) is 6.61 Å². The molecule has 0 saturated carbocycles. The number of benzene rings is 2. The second-order valence-electron chi connectivity index (χ2n) is 5.31. The minimum absolute atomic E-state index is 0.516. The van der Waals surface area contributed by atoms with Crippen molar-refractivity contribution in [3.05, 3.63) is 55.5 Å². The molecule has 110 valence electrons. The van der Waals surface area contributed by atoms with Gasteiger partial charge in [-0.2, -0.15) is 0 Å². The van der Waals surface area contributed by atoms with E-state index in [1.54, 1.807) is 0 Å². The predicted molar refractivity (Wildman–Crippen MR) is 91.3 cm³/mol. The van der Waals surface area contributed by atoms with Crippen molar-refractivity contribution in [2.24, 2.45) is 0 Å². The first-order valence-corrected chi connectivity index (χ1v) is 8.47. The fourth-order valence-corrected chi connectivity index (χ4v) is 3.39. The van der Waals surface area contributed by atoms with Gasteiger partial charge in [0.1, 0.15) is 18.1 Å². The summed E-state index contributed by atoms with van der Waals surface area (Å²) in [6.45, 7) is 5.42. The Morgan fingerprint density at radius 1 is 1.10 bits per heavy atom. The molecule has 1 aliphatic rings. The molecular formula is C17H16Br2O2. The predicted octanol–water partition coefficient (Wildman–Crippen LogP) is 5.34. The van der Waals surface area contributed by atoms with Gasteiger partial charge < -0.3 is 9.47 Å². The molecule has 3 rings (SSSR count). The van der Waals surface area contributed by atoms with Crippen molar-refractivity contribution >= 4 is 31.9 Å². The van der Waals surface area contributed by atoms with E-state index in [1.165, 1.54) is 16.7 Å². The van der Waals surface area contributed by atoms with E-state index >= 15 is 0 Å². The zero-order valence-electron chi connectivity index (χ0n) is 12.0. The summed E-state index contributed by atoms with van der Waals surface area (Å²) in [7, 11) is 0. The molecule has 0 fully saturated rings. The average molecular weight is 412 g/mol. The van der Waals surface area contributed by atoms with E-state index in [0.717, 1.165) is 39.0 Å². The molecule has 0 unspecified atom stereocenters. The van der Waals surface area contributed by atoms with Crippen LogP contribution >= 0.6 is 31.9 Å². The van der Waals surface area contributed by atoms with E-state index in [4.69, 9.17) is 9.47 Å². The van der Waals surface area contributed by atoms with Crippen molar-refractivity contribution < 1.29 is 9.47 Å². The molecule has 0 amide bonds. The van der Waals surface area contributed by atoms with Gasteiger partial charge in [0, 0.05) is 20.9 Å². The lowest BCUT2D eigenvalue weighted by Crippen LogP contribution is -1.99. The standard InChI is InChI=1S/C17H16Br2O2/c1-10-5-15(6-11(2)16(10)19)21-9-13-8-14(18)7-12-3-4-20-17(12)13/h5-8H,3-4,9H2,1-2H3. The first-order valence-electron chi connectivity index (χ1n) is 6.88. The first-order chi connectivity index (χ1) is 10.0. The minimum Gasteiger partial charge on any atom is -0.493 e. The highest BCUT2D eigenvalue weighted by Gasteiger charge is 2.18. The van der Waals surface area contributed by atoms with Crippen LogP contribution in [0.3, 0.4) is 0 Å². The molecule has 21 heavy (non-hydrogen) atoms. The number of aryl methyl sites for hydroxylation is 2. The molecule has 0 spiro atoms. The van der Waals surface area contributed by atoms with E-state index in [-0.39, 0.29) is 0 Å². The number of hydrogen-bond donors (Lipinski definition) is 0. The van der Waals surface area contributed by atoms with E-state index in [2.05, 4.69) is 70.0 Å². The van der Waals surface area contributed by atoms with E-state index in [1.807, 2.05) is 0 Å². The quantitative estimate of drug-likeness (QED) is 0.678. The maximum Gasteiger partial charge on any atom is 0.129 e. The van der Waals surface area contributed by atoms with Gasteiger partial charge in [-0.1, -0.05) is 31.9 Å². The van der Waals surface area contributed by atoms with Gasteiger partial charge in [0.25, 0.3) is 0 Å². The van der Waals surface area contributed by atoms with Crippen molar-refractivity contribution in [2.45, 2.75) is 26.9 Å². The molecule has 4 heteroatoms. The topological polar surface area (TPSA) is 18.5 Å². The van der Waals surface area contributed by atoms with Gasteiger partial charge in [0.2, 0.25) is 0 Å².